The van der Waals surface area contributed by atoms with Crippen LogP contribution >= 0.6 is 0 Å². The van der Waals surface area contributed by atoms with Gasteiger partial charge in [0.05, 0.1) is 11.9 Å². The molecule has 3 nitrogen and oxygen atoms in total. The lowest BCUT2D eigenvalue weighted by Crippen LogP contribution is -2.22. The Morgan fingerprint density at radius 3 is 2.83 bits per heavy atom. The Kier molecular flexibility index (Phi) is 4.31. The van der Waals surface area contributed by atoms with Crippen LogP contribution in [0.25, 0.3) is 11.8 Å². The van der Waals surface area contributed by atoms with Crippen molar-refractivity contribution in [2.75, 3.05) is 6.54 Å². The van der Waals surface area contributed by atoms with Gasteiger partial charge in [0.25, 0.3) is 0 Å². The third-order valence-electron chi connectivity index (χ3n) is 2.73. The lowest BCUT2D eigenvalue weighted by atomic mass is 10.2. The van der Waals surface area contributed by atoms with E-state index in [1.54, 1.807) is 0 Å². The van der Waals surface area contributed by atoms with Gasteiger partial charge < -0.3 is 5.32 Å². The quantitative estimate of drug-likeness (QED) is 0.872. The van der Waals surface area contributed by atoms with Gasteiger partial charge in [-0.25, -0.2) is 4.68 Å². The van der Waals surface area contributed by atoms with Crippen LogP contribution in [0.2, 0.25) is 0 Å². The Bertz CT molecular complexity index is 499. The molecular formula is C15H19N3. The van der Waals surface area contributed by atoms with Gasteiger partial charge in [0.1, 0.15) is 0 Å². The molecular weight excluding hydrogens is 222 g/mol. The van der Waals surface area contributed by atoms with E-state index in [4.69, 9.17) is 0 Å². The van der Waals surface area contributed by atoms with Gasteiger partial charge in [-0.15, -0.1) is 0 Å². The fraction of sp³-hybridized carbons (Fsp3) is 0.267. The summed E-state index contributed by atoms with van der Waals surface area (Å²) < 4.78 is 1.89. The monoisotopic (exact) mass is 241 g/mol. The highest BCUT2D eigenvalue weighted by Crippen LogP contribution is 2.08. The molecule has 2 rings (SSSR count). The molecule has 94 valence electrons. The van der Waals surface area contributed by atoms with E-state index < -0.39 is 0 Å². The summed E-state index contributed by atoms with van der Waals surface area (Å²) in [5.74, 6) is 0. The molecule has 1 atom stereocenters. The number of nitrogens with one attached hydrogen (secondary N) is 1. The van der Waals surface area contributed by atoms with Gasteiger partial charge in [0, 0.05) is 17.8 Å². The van der Waals surface area contributed by atoms with Gasteiger partial charge in [-0.1, -0.05) is 37.3 Å². The SMILES string of the molecule is CCNC(C)/C=C/c1cnn(-c2ccccc2)c1. The van der Waals surface area contributed by atoms with Crippen molar-refractivity contribution in [3.8, 4) is 5.69 Å². The molecule has 2 aromatic rings. The second-order valence-corrected chi connectivity index (χ2v) is 4.26. The van der Waals surface area contributed by atoms with E-state index >= 15 is 0 Å². The van der Waals surface area contributed by atoms with Crippen LogP contribution in [0, 0.1) is 0 Å². The van der Waals surface area contributed by atoms with Gasteiger partial charge in [0.15, 0.2) is 0 Å². The van der Waals surface area contributed by atoms with Gasteiger partial charge in [0.2, 0.25) is 0 Å². The second kappa shape index (κ2) is 6.17. The van der Waals surface area contributed by atoms with Crippen molar-refractivity contribution in [2.45, 2.75) is 19.9 Å². The van der Waals surface area contributed by atoms with E-state index in [1.165, 1.54) is 0 Å². The van der Waals surface area contributed by atoms with E-state index in [0.29, 0.717) is 6.04 Å². The smallest absolute Gasteiger partial charge is 0.0645 e. The van der Waals surface area contributed by atoms with E-state index in [2.05, 4.69) is 36.4 Å². The average molecular weight is 241 g/mol. The normalized spacial score (nSPS) is 13.0. The maximum atomic E-state index is 4.36. The summed E-state index contributed by atoms with van der Waals surface area (Å²) in [4.78, 5) is 0. The molecule has 0 amide bonds. The number of hydrogen-bond acceptors (Lipinski definition) is 2. The van der Waals surface area contributed by atoms with Crippen LogP contribution in [0.5, 0.6) is 0 Å². The maximum absolute atomic E-state index is 4.36. The summed E-state index contributed by atoms with van der Waals surface area (Å²) >= 11 is 0. The minimum absolute atomic E-state index is 0.384. The van der Waals surface area contributed by atoms with Crippen LogP contribution in [-0.2, 0) is 0 Å². The summed E-state index contributed by atoms with van der Waals surface area (Å²) in [6, 6.07) is 10.5. The number of rotatable bonds is 5. The molecule has 0 aliphatic carbocycles. The topological polar surface area (TPSA) is 29.9 Å². The lowest BCUT2D eigenvalue weighted by Gasteiger charge is -2.04. The van der Waals surface area contributed by atoms with E-state index in [0.717, 1.165) is 17.8 Å². The van der Waals surface area contributed by atoms with Crippen LogP contribution < -0.4 is 5.32 Å². The fourth-order valence-electron chi connectivity index (χ4n) is 1.79. The molecule has 0 aliphatic rings. The zero-order valence-electron chi connectivity index (χ0n) is 10.9. The number of hydrogen-bond donors (Lipinski definition) is 1. The van der Waals surface area contributed by atoms with Crippen LogP contribution in [0.4, 0.5) is 0 Å². The molecule has 0 spiro atoms. The van der Waals surface area contributed by atoms with Crippen molar-refractivity contribution in [3.63, 3.8) is 0 Å². The molecule has 0 saturated heterocycles. The molecule has 0 radical (unpaired) electrons. The Morgan fingerprint density at radius 2 is 2.11 bits per heavy atom. The van der Waals surface area contributed by atoms with E-state index in [-0.39, 0.29) is 0 Å². The van der Waals surface area contributed by atoms with Crippen molar-refractivity contribution < 1.29 is 0 Å². The predicted octanol–water partition coefficient (Wildman–Crippen LogP) is 2.88. The van der Waals surface area contributed by atoms with Crippen molar-refractivity contribution in [1.29, 1.82) is 0 Å². The minimum atomic E-state index is 0.384. The van der Waals surface area contributed by atoms with Crippen molar-refractivity contribution >= 4 is 6.08 Å². The van der Waals surface area contributed by atoms with Gasteiger partial charge in [-0.3, -0.25) is 0 Å². The molecule has 3 heteroatoms. The molecule has 1 aromatic carbocycles. The van der Waals surface area contributed by atoms with Crippen molar-refractivity contribution in [1.82, 2.24) is 15.1 Å². The van der Waals surface area contributed by atoms with Gasteiger partial charge >= 0.3 is 0 Å². The molecule has 0 saturated carbocycles. The zero-order valence-corrected chi connectivity index (χ0v) is 10.9. The minimum Gasteiger partial charge on any atom is -0.311 e. The molecule has 1 heterocycles. The fourth-order valence-corrected chi connectivity index (χ4v) is 1.79. The Balaban J connectivity index is 2.07. The summed E-state index contributed by atoms with van der Waals surface area (Å²) in [5.41, 5.74) is 2.19. The van der Waals surface area contributed by atoms with Crippen LogP contribution in [0.3, 0.4) is 0 Å². The molecule has 1 N–H and O–H groups in total. The van der Waals surface area contributed by atoms with Gasteiger partial charge in [-0.2, -0.15) is 5.10 Å². The van der Waals surface area contributed by atoms with Crippen molar-refractivity contribution in [3.05, 3.63) is 54.4 Å². The number of para-hydroxylation sites is 1. The van der Waals surface area contributed by atoms with E-state index in [9.17, 15) is 0 Å². The van der Waals surface area contributed by atoms with Gasteiger partial charge in [-0.05, 0) is 25.6 Å². The molecule has 0 bridgehead atoms. The number of nitrogens with zero attached hydrogens (tertiary/aromatic N) is 2. The highest BCUT2D eigenvalue weighted by molar-refractivity contribution is 5.48. The Hall–Kier alpha value is -1.87. The first kappa shape index (κ1) is 12.6. The standard InChI is InChI=1S/C15H19N3/c1-3-16-13(2)9-10-14-11-17-18(12-14)15-7-5-4-6-8-15/h4-13,16H,3H2,1-2H3/b10-9+. The highest BCUT2D eigenvalue weighted by atomic mass is 15.3. The second-order valence-electron chi connectivity index (χ2n) is 4.26. The largest absolute Gasteiger partial charge is 0.311 e. The first-order valence-corrected chi connectivity index (χ1v) is 6.31. The number of benzene rings is 1. The third kappa shape index (κ3) is 3.31. The number of likely N-dealkylation sites (N-methyl/N-ethyl adjacent to an activating group) is 1. The van der Waals surface area contributed by atoms with Crippen molar-refractivity contribution in [2.24, 2.45) is 0 Å². The molecule has 0 fully saturated rings. The summed E-state index contributed by atoms with van der Waals surface area (Å²) in [6.07, 6.45) is 8.16. The number of aromatic nitrogens is 2. The summed E-state index contributed by atoms with van der Waals surface area (Å²) in [6.45, 7) is 5.23. The summed E-state index contributed by atoms with van der Waals surface area (Å²) in [5, 5.41) is 7.70. The summed E-state index contributed by atoms with van der Waals surface area (Å²) in [7, 11) is 0. The molecule has 1 aromatic heterocycles. The van der Waals surface area contributed by atoms with Crippen LogP contribution in [0.1, 0.15) is 19.4 Å². The highest BCUT2D eigenvalue weighted by Gasteiger charge is 1.98. The lowest BCUT2D eigenvalue weighted by molar-refractivity contribution is 0.663. The first-order chi connectivity index (χ1) is 8.79. The predicted molar refractivity (Wildman–Crippen MR) is 75.7 cm³/mol. The molecule has 18 heavy (non-hydrogen) atoms. The van der Waals surface area contributed by atoms with E-state index in [1.807, 2.05) is 47.4 Å². The van der Waals surface area contributed by atoms with Crippen LogP contribution in [-0.4, -0.2) is 22.4 Å². The van der Waals surface area contributed by atoms with Crippen LogP contribution in [0.15, 0.2) is 48.8 Å². The average Bonchev–Trinajstić information content (AvgIpc) is 2.87. The molecule has 0 aliphatic heterocycles. The zero-order chi connectivity index (χ0) is 12.8. The third-order valence-corrected chi connectivity index (χ3v) is 2.73. The molecule has 1 unspecified atom stereocenters. The maximum Gasteiger partial charge on any atom is 0.0645 e. The Labute approximate surface area is 108 Å². The first-order valence-electron chi connectivity index (χ1n) is 6.31. The Morgan fingerprint density at radius 1 is 1.33 bits per heavy atom.